The fourth-order valence-corrected chi connectivity index (χ4v) is 6.53. The number of carbonyl (C=O) groups is 2. The highest BCUT2D eigenvalue weighted by atomic mass is 19.1. The highest BCUT2D eigenvalue weighted by Gasteiger charge is 2.46. The molecule has 0 bridgehead atoms. The molecular weight excluding hydrogens is 541 g/mol. The van der Waals surface area contributed by atoms with Crippen LogP contribution in [-0.4, -0.2) is 107 Å². The Bertz CT molecular complexity index is 1250. The zero-order valence-corrected chi connectivity index (χ0v) is 25.1. The Morgan fingerprint density at radius 1 is 1.14 bits per heavy atom. The molecule has 0 N–H and O–H groups in total. The first-order valence-corrected chi connectivity index (χ1v) is 15.0. The van der Waals surface area contributed by atoms with Crippen molar-refractivity contribution in [2.24, 2.45) is 11.3 Å². The average Bonchev–Trinajstić information content (AvgIpc) is 2.98. The molecule has 3 saturated heterocycles. The number of anilines is 1. The van der Waals surface area contributed by atoms with Gasteiger partial charge in [-0.2, -0.15) is 0 Å². The van der Waals surface area contributed by atoms with E-state index in [0.717, 1.165) is 71.5 Å². The van der Waals surface area contributed by atoms with E-state index in [-0.39, 0.29) is 40.7 Å². The number of hydrogen-bond donors (Lipinski definition) is 0. The minimum Gasteiger partial charge on any atom is -0.453 e. The SMILES string of the molecule is CCN(C(=O)c1cc(F)ccc1Oc1nncnc1N1CC2(CCN(CC3CCN(C(=O)OC)CC3)CC2)C1)C(C)C. The van der Waals surface area contributed by atoms with Crippen LogP contribution in [0.1, 0.15) is 56.8 Å². The predicted octanol–water partition coefficient (Wildman–Crippen LogP) is 4.05. The molecule has 3 fully saturated rings. The highest BCUT2D eigenvalue weighted by Crippen LogP contribution is 2.44. The van der Waals surface area contributed by atoms with Crippen LogP contribution in [0.4, 0.5) is 15.0 Å². The summed E-state index contributed by atoms with van der Waals surface area (Å²) in [6.45, 7) is 12.6. The lowest BCUT2D eigenvalue weighted by Crippen LogP contribution is -2.61. The molecule has 4 heterocycles. The fourth-order valence-electron chi connectivity index (χ4n) is 6.53. The van der Waals surface area contributed by atoms with Crippen LogP contribution in [0, 0.1) is 17.2 Å². The van der Waals surface area contributed by atoms with Crippen molar-refractivity contribution < 1.29 is 23.5 Å². The second-order valence-electron chi connectivity index (χ2n) is 12.1. The smallest absolute Gasteiger partial charge is 0.409 e. The first-order valence-electron chi connectivity index (χ1n) is 15.0. The Balaban J connectivity index is 1.18. The maximum absolute atomic E-state index is 14.2. The Hall–Kier alpha value is -3.54. The number of methoxy groups -OCH3 is 1. The Labute approximate surface area is 247 Å². The lowest BCUT2D eigenvalue weighted by molar-refractivity contribution is 0.0548. The summed E-state index contributed by atoms with van der Waals surface area (Å²) in [7, 11) is 1.44. The number of rotatable bonds is 8. The van der Waals surface area contributed by atoms with Gasteiger partial charge in [0.15, 0.2) is 5.82 Å². The molecule has 0 radical (unpaired) electrons. The van der Waals surface area contributed by atoms with Crippen LogP contribution in [0.15, 0.2) is 24.5 Å². The number of nitrogens with zero attached hydrogens (tertiary/aromatic N) is 7. The van der Waals surface area contributed by atoms with Crippen molar-refractivity contribution in [1.82, 2.24) is 29.9 Å². The third-order valence-electron chi connectivity index (χ3n) is 9.01. The first kappa shape index (κ1) is 29.9. The lowest BCUT2D eigenvalue weighted by atomic mass is 9.72. The second kappa shape index (κ2) is 12.8. The zero-order chi connectivity index (χ0) is 29.9. The fraction of sp³-hybridized carbons (Fsp3) is 0.633. The molecule has 2 amide bonds. The van der Waals surface area contributed by atoms with Crippen LogP contribution < -0.4 is 9.64 Å². The molecule has 5 rings (SSSR count). The number of piperidine rings is 2. The third kappa shape index (κ3) is 6.43. The average molecular weight is 584 g/mol. The molecule has 0 atom stereocenters. The standard InChI is InChI=1S/C30H42FN7O4/c1-5-38(21(2)3)28(39)24-16-23(31)6-7-25(24)42-27-26(32-20-33-34-27)37-18-30(19-37)10-14-35(15-11-30)17-22-8-12-36(13-9-22)29(40)41-4/h6-7,16,20-22H,5,8-15,17-19H2,1-4H3. The minimum atomic E-state index is -0.509. The summed E-state index contributed by atoms with van der Waals surface area (Å²) in [5.41, 5.74) is 0.369. The number of benzene rings is 1. The van der Waals surface area contributed by atoms with Gasteiger partial charge < -0.3 is 29.1 Å². The minimum absolute atomic E-state index is 0.0457. The summed E-state index contributed by atoms with van der Waals surface area (Å²) in [5, 5.41) is 8.12. The molecule has 3 aliphatic heterocycles. The van der Waals surface area contributed by atoms with Crippen LogP contribution in [0.5, 0.6) is 11.6 Å². The van der Waals surface area contributed by atoms with Gasteiger partial charge in [-0.1, -0.05) is 0 Å². The summed E-state index contributed by atoms with van der Waals surface area (Å²) in [6, 6.07) is 3.90. The molecule has 0 unspecified atom stereocenters. The number of carbonyl (C=O) groups excluding carboxylic acids is 2. The van der Waals surface area contributed by atoms with E-state index < -0.39 is 5.82 Å². The third-order valence-corrected chi connectivity index (χ3v) is 9.01. The highest BCUT2D eigenvalue weighted by molar-refractivity contribution is 5.97. The van der Waals surface area contributed by atoms with E-state index in [0.29, 0.717) is 18.3 Å². The summed E-state index contributed by atoms with van der Waals surface area (Å²) in [5.74, 6) is 0.809. The van der Waals surface area contributed by atoms with Crippen molar-refractivity contribution in [3.63, 3.8) is 0 Å². The summed E-state index contributed by atoms with van der Waals surface area (Å²) in [4.78, 5) is 37.7. The predicted molar refractivity (Wildman–Crippen MR) is 155 cm³/mol. The van der Waals surface area contributed by atoms with Crippen LogP contribution in [0.2, 0.25) is 0 Å². The van der Waals surface area contributed by atoms with Crippen molar-refractivity contribution in [3.05, 3.63) is 35.9 Å². The van der Waals surface area contributed by atoms with Gasteiger partial charge in [0.2, 0.25) is 0 Å². The van der Waals surface area contributed by atoms with Gasteiger partial charge in [0.05, 0.1) is 12.7 Å². The zero-order valence-electron chi connectivity index (χ0n) is 25.1. The van der Waals surface area contributed by atoms with Gasteiger partial charge in [0.25, 0.3) is 11.8 Å². The van der Waals surface area contributed by atoms with Gasteiger partial charge in [-0.05, 0) is 83.7 Å². The van der Waals surface area contributed by atoms with Crippen LogP contribution in [-0.2, 0) is 4.74 Å². The normalized spacial score (nSPS) is 19.1. The van der Waals surface area contributed by atoms with Crippen LogP contribution in [0.3, 0.4) is 0 Å². The molecule has 3 aliphatic rings. The number of hydrogen-bond acceptors (Lipinski definition) is 9. The Kier molecular flexibility index (Phi) is 9.10. The van der Waals surface area contributed by atoms with E-state index in [1.54, 1.807) is 9.80 Å². The quantitative estimate of drug-likeness (QED) is 0.455. The largest absolute Gasteiger partial charge is 0.453 e. The summed E-state index contributed by atoms with van der Waals surface area (Å²) >= 11 is 0. The Morgan fingerprint density at radius 3 is 2.50 bits per heavy atom. The summed E-state index contributed by atoms with van der Waals surface area (Å²) in [6.07, 6.45) is 5.43. The maximum atomic E-state index is 14.2. The molecule has 0 saturated carbocycles. The molecule has 1 spiro atoms. The first-order chi connectivity index (χ1) is 20.2. The van der Waals surface area contributed by atoms with Crippen molar-refractivity contribution in [3.8, 4) is 11.6 Å². The number of amides is 2. The number of ether oxygens (including phenoxy) is 2. The van der Waals surface area contributed by atoms with Gasteiger partial charge in [0.1, 0.15) is 17.9 Å². The topological polar surface area (TPSA) is 104 Å². The van der Waals surface area contributed by atoms with E-state index in [1.165, 1.54) is 31.6 Å². The Morgan fingerprint density at radius 2 is 1.86 bits per heavy atom. The van der Waals surface area contributed by atoms with E-state index in [1.807, 2.05) is 20.8 Å². The van der Waals surface area contributed by atoms with E-state index >= 15 is 0 Å². The molecule has 228 valence electrons. The molecule has 2 aromatic rings. The molecule has 0 aliphatic carbocycles. The van der Waals surface area contributed by atoms with Crippen LogP contribution in [0.25, 0.3) is 0 Å². The molecular formula is C30H42FN7O4. The molecule has 11 nitrogen and oxygen atoms in total. The van der Waals surface area contributed by atoms with Gasteiger partial charge in [-0.15, -0.1) is 10.2 Å². The molecule has 42 heavy (non-hydrogen) atoms. The van der Waals surface area contributed by atoms with Gasteiger partial charge >= 0.3 is 6.09 Å². The van der Waals surface area contributed by atoms with Gasteiger partial charge in [0, 0.05) is 50.7 Å². The lowest BCUT2D eigenvalue weighted by Gasteiger charge is -2.54. The summed E-state index contributed by atoms with van der Waals surface area (Å²) < 4.78 is 25.2. The number of aromatic nitrogens is 3. The molecule has 1 aromatic carbocycles. The maximum Gasteiger partial charge on any atom is 0.409 e. The van der Waals surface area contributed by atoms with Crippen molar-refractivity contribution in [2.75, 3.05) is 64.4 Å². The van der Waals surface area contributed by atoms with E-state index in [9.17, 15) is 14.0 Å². The molecule has 12 heteroatoms. The van der Waals surface area contributed by atoms with E-state index in [2.05, 4.69) is 25.0 Å². The van der Waals surface area contributed by atoms with Crippen molar-refractivity contribution in [1.29, 1.82) is 0 Å². The van der Waals surface area contributed by atoms with Crippen molar-refractivity contribution in [2.45, 2.75) is 52.5 Å². The van der Waals surface area contributed by atoms with Crippen molar-refractivity contribution >= 4 is 17.8 Å². The number of halogens is 1. The van der Waals surface area contributed by atoms with Crippen LogP contribution >= 0.6 is 0 Å². The van der Waals surface area contributed by atoms with E-state index in [4.69, 9.17) is 9.47 Å². The monoisotopic (exact) mass is 583 g/mol. The van der Waals surface area contributed by atoms with Gasteiger partial charge in [-0.3, -0.25) is 4.79 Å². The second-order valence-corrected chi connectivity index (χ2v) is 12.1. The molecule has 1 aromatic heterocycles. The number of likely N-dealkylation sites (tertiary alicyclic amines) is 2. The van der Waals surface area contributed by atoms with Gasteiger partial charge in [-0.25, -0.2) is 14.2 Å².